The number of ether oxygens (including phenoxy) is 1. The quantitative estimate of drug-likeness (QED) is 0.329. The van der Waals surface area contributed by atoms with E-state index in [2.05, 4.69) is 40.8 Å². The molecule has 156 valence electrons. The Bertz CT molecular complexity index is 1380. The number of imidazole rings is 1. The second-order valence-electron chi connectivity index (χ2n) is 7.51. The van der Waals surface area contributed by atoms with Gasteiger partial charge in [0.1, 0.15) is 17.1 Å². The number of aromatic nitrogens is 2. The number of benzene rings is 3. The molecule has 4 heteroatoms. The van der Waals surface area contributed by atoms with Gasteiger partial charge < -0.3 is 9.84 Å². The van der Waals surface area contributed by atoms with Crippen LogP contribution in [0.15, 0.2) is 97.2 Å². The number of hydrogen-bond acceptors (Lipinski definition) is 3. The molecule has 0 spiro atoms. The first-order valence-corrected chi connectivity index (χ1v) is 10.4. The third-order valence-corrected chi connectivity index (χ3v) is 5.44. The van der Waals surface area contributed by atoms with E-state index in [4.69, 9.17) is 9.72 Å². The van der Waals surface area contributed by atoms with Gasteiger partial charge in [0, 0.05) is 17.3 Å². The molecule has 0 unspecified atom stereocenters. The van der Waals surface area contributed by atoms with Crippen LogP contribution in [-0.4, -0.2) is 21.6 Å². The van der Waals surface area contributed by atoms with Crippen LogP contribution in [-0.2, 0) is 0 Å². The van der Waals surface area contributed by atoms with Crippen LogP contribution in [0.3, 0.4) is 0 Å². The van der Waals surface area contributed by atoms with Gasteiger partial charge in [0.05, 0.1) is 18.5 Å². The number of fused-ring (bicyclic) bond motifs is 1. The number of hydrogen-bond donors (Lipinski definition) is 1. The molecule has 0 amide bonds. The predicted octanol–water partition coefficient (Wildman–Crippen LogP) is 6.55. The molecule has 0 aliphatic carbocycles. The zero-order chi connectivity index (χ0) is 21.9. The largest absolute Gasteiger partial charge is 0.508 e. The third kappa shape index (κ3) is 3.86. The Labute approximate surface area is 186 Å². The topological polar surface area (TPSA) is 46.8 Å². The molecule has 32 heavy (non-hydrogen) atoms. The number of phenolic OH excluding ortho intramolecular Hbond substituents is 1. The molecule has 5 aromatic rings. The van der Waals surface area contributed by atoms with E-state index in [-0.39, 0.29) is 5.75 Å². The normalized spacial score (nSPS) is 11.3. The maximum atomic E-state index is 9.68. The zero-order valence-corrected chi connectivity index (χ0v) is 17.6. The molecule has 2 heterocycles. The van der Waals surface area contributed by atoms with Gasteiger partial charge in [0.15, 0.2) is 0 Å². The maximum Gasteiger partial charge on any atom is 0.137 e. The molecule has 0 radical (unpaired) electrons. The summed E-state index contributed by atoms with van der Waals surface area (Å²) in [6, 6.07) is 29.6. The summed E-state index contributed by atoms with van der Waals surface area (Å²) in [6.07, 6.45) is 6.21. The molecular weight excluding hydrogens is 396 g/mol. The first-order valence-electron chi connectivity index (χ1n) is 10.4. The van der Waals surface area contributed by atoms with E-state index in [0.29, 0.717) is 0 Å². The van der Waals surface area contributed by atoms with E-state index in [1.54, 1.807) is 19.2 Å². The average Bonchev–Trinajstić information content (AvgIpc) is 3.23. The summed E-state index contributed by atoms with van der Waals surface area (Å²) in [5.74, 6) is 1.09. The van der Waals surface area contributed by atoms with Gasteiger partial charge in [-0.15, -0.1) is 0 Å². The predicted molar refractivity (Wildman–Crippen MR) is 130 cm³/mol. The fraction of sp³-hybridized carbons (Fsp3) is 0.0357. The lowest BCUT2D eigenvalue weighted by atomic mass is 10.0. The SMILES string of the molecule is COc1ccc(/C=C/c2ccc(-c3c(-c4ccc(O)cc4)nc4ccccn34)cc2)cc1. The number of aromatic hydroxyl groups is 1. The Balaban J connectivity index is 1.50. The van der Waals surface area contributed by atoms with Gasteiger partial charge in [0.2, 0.25) is 0 Å². The second kappa shape index (κ2) is 8.44. The summed E-state index contributed by atoms with van der Waals surface area (Å²) in [5.41, 5.74) is 7.07. The smallest absolute Gasteiger partial charge is 0.137 e. The van der Waals surface area contributed by atoms with Gasteiger partial charge >= 0.3 is 0 Å². The number of phenols is 1. The number of methoxy groups -OCH3 is 1. The van der Waals surface area contributed by atoms with Crippen molar-refractivity contribution in [2.45, 2.75) is 0 Å². The fourth-order valence-corrected chi connectivity index (χ4v) is 3.75. The van der Waals surface area contributed by atoms with Gasteiger partial charge in [-0.2, -0.15) is 0 Å². The molecule has 4 nitrogen and oxygen atoms in total. The van der Waals surface area contributed by atoms with Crippen LogP contribution in [0.2, 0.25) is 0 Å². The summed E-state index contributed by atoms with van der Waals surface area (Å²) in [7, 11) is 1.67. The monoisotopic (exact) mass is 418 g/mol. The van der Waals surface area contributed by atoms with E-state index >= 15 is 0 Å². The lowest BCUT2D eigenvalue weighted by Crippen LogP contribution is -1.89. The van der Waals surface area contributed by atoms with Crippen molar-refractivity contribution in [3.63, 3.8) is 0 Å². The molecule has 0 saturated heterocycles. The summed E-state index contributed by atoms with van der Waals surface area (Å²) in [6.45, 7) is 0. The molecule has 0 bridgehead atoms. The van der Waals surface area contributed by atoms with Crippen molar-refractivity contribution in [3.05, 3.63) is 108 Å². The molecule has 0 fully saturated rings. The molecule has 1 N–H and O–H groups in total. The Kier molecular flexibility index (Phi) is 5.18. The number of rotatable bonds is 5. The molecule has 2 aromatic heterocycles. The highest BCUT2D eigenvalue weighted by Crippen LogP contribution is 2.33. The Morgan fingerprint density at radius 2 is 1.38 bits per heavy atom. The van der Waals surface area contributed by atoms with E-state index in [1.807, 2.05) is 60.8 Å². The minimum absolute atomic E-state index is 0.243. The van der Waals surface area contributed by atoms with E-state index in [1.165, 1.54) is 0 Å². The lowest BCUT2D eigenvalue weighted by Gasteiger charge is -2.07. The highest BCUT2D eigenvalue weighted by atomic mass is 16.5. The fourth-order valence-electron chi connectivity index (χ4n) is 3.75. The third-order valence-electron chi connectivity index (χ3n) is 5.44. The molecule has 3 aromatic carbocycles. The van der Waals surface area contributed by atoms with Gasteiger partial charge in [-0.3, -0.25) is 4.40 Å². The molecule has 0 atom stereocenters. The van der Waals surface area contributed by atoms with E-state index in [0.717, 1.165) is 45.0 Å². The number of pyridine rings is 1. The van der Waals surface area contributed by atoms with Gasteiger partial charge in [-0.25, -0.2) is 4.98 Å². The van der Waals surface area contributed by atoms with E-state index < -0.39 is 0 Å². The van der Waals surface area contributed by atoms with Crippen molar-refractivity contribution in [1.82, 2.24) is 9.38 Å². The van der Waals surface area contributed by atoms with Crippen molar-refractivity contribution < 1.29 is 9.84 Å². The Morgan fingerprint density at radius 1 is 0.750 bits per heavy atom. The maximum absolute atomic E-state index is 9.68. The second-order valence-corrected chi connectivity index (χ2v) is 7.51. The summed E-state index contributed by atoms with van der Waals surface area (Å²) < 4.78 is 7.32. The van der Waals surface area contributed by atoms with Crippen molar-refractivity contribution in [2.75, 3.05) is 7.11 Å². The molecule has 0 saturated carbocycles. The minimum atomic E-state index is 0.243. The van der Waals surface area contributed by atoms with Crippen molar-refractivity contribution in [1.29, 1.82) is 0 Å². The van der Waals surface area contributed by atoms with Gasteiger partial charge in [-0.1, -0.05) is 54.6 Å². The lowest BCUT2D eigenvalue weighted by molar-refractivity contribution is 0.415. The molecule has 0 aliphatic heterocycles. The van der Waals surface area contributed by atoms with Crippen LogP contribution < -0.4 is 4.74 Å². The van der Waals surface area contributed by atoms with Gasteiger partial charge in [-0.05, 0) is 59.7 Å². The van der Waals surface area contributed by atoms with Crippen LogP contribution in [0.5, 0.6) is 11.5 Å². The Morgan fingerprint density at radius 3 is 2.03 bits per heavy atom. The van der Waals surface area contributed by atoms with Crippen LogP contribution in [0.1, 0.15) is 11.1 Å². The molecule has 0 aliphatic rings. The van der Waals surface area contributed by atoms with Crippen LogP contribution >= 0.6 is 0 Å². The first kappa shape index (κ1) is 19.6. The standard InChI is InChI=1S/C28H22N2O2/c1-32-25-17-9-21(10-18-25)6-5-20-7-11-23(12-8-20)28-27(22-13-15-24(31)16-14-22)29-26-4-2-3-19-30(26)28/h2-19,31H,1H3/b6-5+. The van der Waals surface area contributed by atoms with Crippen LogP contribution in [0.25, 0.3) is 40.3 Å². The van der Waals surface area contributed by atoms with Crippen LogP contribution in [0, 0.1) is 0 Å². The highest BCUT2D eigenvalue weighted by Gasteiger charge is 2.15. The summed E-state index contributed by atoms with van der Waals surface area (Å²) in [4.78, 5) is 4.86. The number of nitrogens with zero attached hydrogens (tertiary/aromatic N) is 2. The first-order chi connectivity index (χ1) is 15.7. The Hall–Kier alpha value is -4.31. The van der Waals surface area contributed by atoms with Crippen molar-refractivity contribution in [2.24, 2.45) is 0 Å². The molecule has 5 rings (SSSR count). The van der Waals surface area contributed by atoms with Crippen LogP contribution in [0.4, 0.5) is 0 Å². The van der Waals surface area contributed by atoms with Crippen molar-refractivity contribution in [3.8, 4) is 34.0 Å². The summed E-state index contributed by atoms with van der Waals surface area (Å²) >= 11 is 0. The average molecular weight is 418 g/mol. The molecular formula is C28H22N2O2. The zero-order valence-electron chi connectivity index (χ0n) is 17.6. The minimum Gasteiger partial charge on any atom is -0.508 e. The summed E-state index contributed by atoms with van der Waals surface area (Å²) in [5, 5.41) is 9.68. The van der Waals surface area contributed by atoms with E-state index in [9.17, 15) is 5.11 Å². The highest BCUT2D eigenvalue weighted by molar-refractivity contribution is 5.83. The van der Waals surface area contributed by atoms with Crippen molar-refractivity contribution >= 4 is 17.8 Å². The van der Waals surface area contributed by atoms with Gasteiger partial charge in [0.25, 0.3) is 0 Å².